The van der Waals surface area contributed by atoms with Gasteiger partial charge in [-0.15, -0.1) is 11.6 Å². The van der Waals surface area contributed by atoms with Gasteiger partial charge in [0, 0.05) is 32.1 Å². The predicted octanol–water partition coefficient (Wildman–Crippen LogP) is 1.52. The van der Waals surface area contributed by atoms with Gasteiger partial charge in [0.25, 0.3) is 10.2 Å². The van der Waals surface area contributed by atoms with E-state index in [4.69, 9.17) is 11.6 Å². The SMILES string of the molecule is CCN(CC)S(=O)(=O)N(C)CC1CC(Cl)C1. The van der Waals surface area contributed by atoms with E-state index in [1.165, 1.54) is 8.61 Å². The third-order valence-corrected chi connectivity index (χ3v) is 5.58. The molecule has 6 heteroatoms. The third-order valence-electron chi connectivity index (χ3n) is 3.12. The summed E-state index contributed by atoms with van der Waals surface area (Å²) in [4.78, 5) is 0. The molecule has 1 fully saturated rings. The molecule has 0 atom stereocenters. The zero-order valence-corrected chi connectivity index (χ0v) is 11.8. The first-order valence-corrected chi connectivity index (χ1v) is 7.60. The molecule has 0 N–H and O–H groups in total. The summed E-state index contributed by atoms with van der Waals surface area (Å²) in [5, 5.41) is 0.245. The summed E-state index contributed by atoms with van der Waals surface area (Å²) in [5.41, 5.74) is 0. The lowest BCUT2D eigenvalue weighted by Gasteiger charge is -2.35. The van der Waals surface area contributed by atoms with E-state index < -0.39 is 10.2 Å². The fraction of sp³-hybridized carbons (Fsp3) is 1.00. The molecule has 0 amide bonds. The van der Waals surface area contributed by atoms with Crippen molar-refractivity contribution in [2.45, 2.75) is 32.1 Å². The maximum absolute atomic E-state index is 12.1. The van der Waals surface area contributed by atoms with Crippen LogP contribution in [0.25, 0.3) is 0 Å². The van der Waals surface area contributed by atoms with Gasteiger partial charge < -0.3 is 0 Å². The van der Waals surface area contributed by atoms with Gasteiger partial charge >= 0.3 is 0 Å². The molecule has 0 unspecified atom stereocenters. The molecule has 0 aliphatic heterocycles. The normalized spacial score (nSPS) is 26.1. The van der Waals surface area contributed by atoms with Crippen LogP contribution in [0.4, 0.5) is 0 Å². The van der Waals surface area contributed by atoms with E-state index in [2.05, 4.69) is 0 Å². The molecule has 1 aliphatic rings. The Kier molecular flexibility index (Phi) is 5.04. The highest BCUT2D eigenvalue weighted by molar-refractivity contribution is 7.86. The van der Waals surface area contributed by atoms with Crippen molar-refractivity contribution in [2.75, 3.05) is 26.7 Å². The van der Waals surface area contributed by atoms with Gasteiger partial charge in [0.2, 0.25) is 0 Å². The number of alkyl halides is 1. The van der Waals surface area contributed by atoms with Crippen molar-refractivity contribution in [3.8, 4) is 0 Å². The van der Waals surface area contributed by atoms with Crippen LogP contribution in [0, 0.1) is 5.92 Å². The van der Waals surface area contributed by atoms with Crippen LogP contribution < -0.4 is 0 Å². The summed E-state index contributed by atoms with van der Waals surface area (Å²) in [6, 6.07) is 0. The summed E-state index contributed by atoms with van der Waals surface area (Å²) in [7, 11) is -1.62. The van der Waals surface area contributed by atoms with Crippen LogP contribution in [0.2, 0.25) is 0 Å². The van der Waals surface area contributed by atoms with Crippen molar-refractivity contribution < 1.29 is 8.42 Å². The largest absolute Gasteiger partial charge is 0.281 e. The summed E-state index contributed by atoms with van der Waals surface area (Å²) >= 11 is 5.88. The minimum atomic E-state index is -3.27. The first kappa shape index (κ1) is 14.2. The van der Waals surface area contributed by atoms with Crippen molar-refractivity contribution in [3.63, 3.8) is 0 Å². The Morgan fingerprint density at radius 2 is 1.75 bits per heavy atom. The van der Waals surface area contributed by atoms with Gasteiger partial charge in [-0.25, -0.2) is 0 Å². The number of hydrogen-bond donors (Lipinski definition) is 0. The van der Waals surface area contributed by atoms with Crippen molar-refractivity contribution in [3.05, 3.63) is 0 Å². The molecule has 0 radical (unpaired) electrons. The number of halogens is 1. The Bertz CT molecular complexity index is 311. The fourth-order valence-electron chi connectivity index (χ4n) is 2.01. The lowest BCUT2D eigenvalue weighted by molar-refractivity contribution is 0.258. The lowest BCUT2D eigenvalue weighted by atomic mass is 9.85. The molecule has 4 nitrogen and oxygen atoms in total. The second kappa shape index (κ2) is 5.67. The quantitative estimate of drug-likeness (QED) is 0.686. The van der Waals surface area contributed by atoms with Crippen molar-refractivity contribution >= 4 is 21.8 Å². The van der Waals surface area contributed by atoms with Gasteiger partial charge in [-0.3, -0.25) is 0 Å². The summed E-state index contributed by atoms with van der Waals surface area (Å²) in [6.07, 6.45) is 1.86. The van der Waals surface area contributed by atoms with Crippen LogP contribution in [0.15, 0.2) is 0 Å². The van der Waals surface area contributed by atoms with Crippen molar-refractivity contribution in [1.29, 1.82) is 0 Å². The number of hydrogen-bond acceptors (Lipinski definition) is 2. The van der Waals surface area contributed by atoms with Crippen molar-refractivity contribution in [2.24, 2.45) is 5.92 Å². The highest BCUT2D eigenvalue weighted by Crippen LogP contribution is 2.32. The van der Waals surface area contributed by atoms with Gasteiger partial charge in [-0.2, -0.15) is 17.0 Å². The van der Waals surface area contributed by atoms with Crippen LogP contribution in [0.3, 0.4) is 0 Å². The maximum Gasteiger partial charge on any atom is 0.281 e. The maximum atomic E-state index is 12.1. The molecule has 1 aliphatic carbocycles. The molecule has 0 aromatic heterocycles. The van der Waals surface area contributed by atoms with Crippen LogP contribution in [0.1, 0.15) is 26.7 Å². The van der Waals surface area contributed by atoms with Crippen LogP contribution in [-0.4, -0.2) is 49.1 Å². The smallest absolute Gasteiger partial charge is 0.195 e. The van der Waals surface area contributed by atoms with Gasteiger partial charge in [-0.05, 0) is 18.8 Å². The van der Waals surface area contributed by atoms with E-state index >= 15 is 0 Å². The molecule has 16 heavy (non-hydrogen) atoms. The average Bonchev–Trinajstić information content (AvgIpc) is 2.16. The first-order chi connectivity index (χ1) is 7.41. The van der Waals surface area contributed by atoms with E-state index in [1.54, 1.807) is 7.05 Å². The summed E-state index contributed by atoms with van der Waals surface area (Å²) in [5.74, 6) is 0.429. The predicted molar refractivity (Wildman–Crippen MR) is 66.8 cm³/mol. The van der Waals surface area contributed by atoms with Crippen LogP contribution in [0.5, 0.6) is 0 Å². The minimum absolute atomic E-state index is 0.245. The van der Waals surface area contributed by atoms with E-state index in [1.807, 2.05) is 13.8 Å². The van der Waals surface area contributed by atoms with Crippen LogP contribution >= 0.6 is 11.6 Å². The molecule has 0 spiro atoms. The topological polar surface area (TPSA) is 40.6 Å². The Labute approximate surface area is 104 Å². The van der Waals surface area contributed by atoms with E-state index in [-0.39, 0.29) is 5.38 Å². The number of nitrogens with zero attached hydrogens (tertiary/aromatic N) is 2. The summed E-state index contributed by atoms with van der Waals surface area (Å²) in [6.45, 7) is 5.33. The van der Waals surface area contributed by atoms with E-state index in [9.17, 15) is 8.42 Å². The van der Waals surface area contributed by atoms with E-state index in [0.717, 1.165) is 12.8 Å². The van der Waals surface area contributed by atoms with Gasteiger partial charge in [-0.1, -0.05) is 13.8 Å². The zero-order valence-electron chi connectivity index (χ0n) is 10.2. The van der Waals surface area contributed by atoms with Crippen LogP contribution in [-0.2, 0) is 10.2 Å². The van der Waals surface area contributed by atoms with Crippen molar-refractivity contribution in [1.82, 2.24) is 8.61 Å². The Morgan fingerprint density at radius 3 is 2.12 bits per heavy atom. The minimum Gasteiger partial charge on any atom is -0.195 e. The molecule has 0 heterocycles. The second-order valence-electron chi connectivity index (χ2n) is 4.31. The fourth-order valence-corrected chi connectivity index (χ4v) is 3.96. The van der Waals surface area contributed by atoms with E-state index in [0.29, 0.717) is 25.6 Å². The zero-order chi connectivity index (χ0) is 12.3. The molecular formula is C10H21ClN2O2S. The lowest BCUT2D eigenvalue weighted by Crippen LogP contribution is -2.45. The average molecular weight is 269 g/mol. The highest BCUT2D eigenvalue weighted by atomic mass is 35.5. The molecule has 0 aromatic rings. The molecule has 96 valence electrons. The second-order valence-corrected chi connectivity index (χ2v) is 6.96. The monoisotopic (exact) mass is 268 g/mol. The Balaban J connectivity index is 2.54. The molecule has 0 aromatic carbocycles. The number of rotatable bonds is 6. The summed E-state index contributed by atoms with van der Waals surface area (Å²) < 4.78 is 27.1. The Hall–Kier alpha value is 0.160. The molecule has 0 saturated heterocycles. The molecule has 1 rings (SSSR count). The van der Waals surface area contributed by atoms with Gasteiger partial charge in [0.15, 0.2) is 0 Å². The Morgan fingerprint density at radius 1 is 1.25 bits per heavy atom. The molecule has 0 bridgehead atoms. The highest BCUT2D eigenvalue weighted by Gasteiger charge is 2.32. The third kappa shape index (κ3) is 3.09. The molecular weight excluding hydrogens is 248 g/mol. The van der Waals surface area contributed by atoms with Gasteiger partial charge in [0.1, 0.15) is 0 Å². The van der Waals surface area contributed by atoms with Gasteiger partial charge in [0.05, 0.1) is 0 Å². The standard InChI is InChI=1S/C10H21ClN2O2S/c1-4-13(5-2)16(14,15)12(3)8-9-6-10(11)7-9/h9-10H,4-8H2,1-3H3. The molecule has 1 saturated carbocycles. The first-order valence-electron chi connectivity index (χ1n) is 5.77.